The first kappa shape index (κ1) is 12.9. The molecule has 2 heterocycles. The Balaban J connectivity index is 1.44. The van der Waals surface area contributed by atoms with Crippen molar-refractivity contribution in [2.24, 2.45) is 11.7 Å². The molecule has 3 rings (SSSR count). The molecule has 1 atom stereocenters. The van der Waals surface area contributed by atoms with E-state index in [1.807, 2.05) is 0 Å². The maximum Gasteiger partial charge on any atom is 0.168 e. The zero-order valence-electron chi connectivity index (χ0n) is 11.3. The number of nitrogens with two attached hydrogens (primary N) is 1. The molecular weight excluding hydrogens is 228 g/mol. The fourth-order valence-electron chi connectivity index (χ4n) is 3.58. The van der Waals surface area contributed by atoms with Gasteiger partial charge in [0, 0.05) is 19.4 Å². The largest absolute Gasteiger partial charge is 0.347 e. The van der Waals surface area contributed by atoms with E-state index >= 15 is 0 Å². The molecule has 2 N–H and O–H groups in total. The zero-order valence-corrected chi connectivity index (χ0v) is 11.3. The lowest BCUT2D eigenvalue weighted by atomic mass is 9.97. The predicted octanol–water partition coefficient (Wildman–Crippen LogP) is 1.34. The third kappa shape index (κ3) is 2.72. The van der Waals surface area contributed by atoms with Crippen molar-refractivity contribution in [1.82, 2.24) is 4.90 Å². The van der Waals surface area contributed by atoms with Crippen molar-refractivity contribution >= 4 is 0 Å². The highest BCUT2D eigenvalue weighted by molar-refractivity contribution is 4.86. The van der Waals surface area contributed by atoms with Gasteiger partial charge < -0.3 is 20.1 Å². The van der Waals surface area contributed by atoms with Gasteiger partial charge in [0.1, 0.15) is 0 Å². The topological polar surface area (TPSA) is 47.7 Å². The van der Waals surface area contributed by atoms with Gasteiger partial charge in [-0.25, -0.2) is 0 Å². The van der Waals surface area contributed by atoms with Gasteiger partial charge >= 0.3 is 0 Å². The van der Waals surface area contributed by atoms with E-state index in [-0.39, 0.29) is 11.9 Å². The smallest absolute Gasteiger partial charge is 0.168 e. The van der Waals surface area contributed by atoms with Crippen LogP contribution in [0.2, 0.25) is 0 Å². The first-order valence-electron chi connectivity index (χ1n) is 7.54. The molecule has 0 radical (unpaired) electrons. The van der Waals surface area contributed by atoms with Crippen LogP contribution in [0.25, 0.3) is 0 Å². The highest BCUT2D eigenvalue weighted by Crippen LogP contribution is 2.39. The molecule has 1 aliphatic carbocycles. The fourth-order valence-corrected chi connectivity index (χ4v) is 3.58. The molecule has 0 aromatic heterocycles. The highest BCUT2D eigenvalue weighted by Gasteiger charge is 2.44. The molecule has 0 aromatic rings. The van der Waals surface area contributed by atoms with Gasteiger partial charge in [0.15, 0.2) is 5.79 Å². The van der Waals surface area contributed by atoms with Crippen LogP contribution in [0, 0.1) is 5.92 Å². The minimum atomic E-state index is -0.194. The van der Waals surface area contributed by atoms with Crippen molar-refractivity contribution in [3.63, 3.8) is 0 Å². The molecule has 2 aliphatic heterocycles. The summed E-state index contributed by atoms with van der Waals surface area (Å²) < 4.78 is 12.1. The van der Waals surface area contributed by atoms with Crippen LogP contribution in [0.15, 0.2) is 0 Å². The molecule has 1 spiro atoms. The molecule has 0 bridgehead atoms. The Bertz CT molecular complexity index is 271. The average Bonchev–Trinajstić information content (AvgIpc) is 3.02. The van der Waals surface area contributed by atoms with Gasteiger partial charge in [-0.2, -0.15) is 0 Å². The van der Waals surface area contributed by atoms with Crippen molar-refractivity contribution in [3.8, 4) is 0 Å². The summed E-state index contributed by atoms with van der Waals surface area (Å²) in [6, 6.07) is 0. The summed E-state index contributed by atoms with van der Waals surface area (Å²) in [7, 11) is 0. The summed E-state index contributed by atoms with van der Waals surface area (Å²) in [6.07, 6.45) is 7.49. The second-order valence-corrected chi connectivity index (χ2v) is 6.15. The van der Waals surface area contributed by atoms with Crippen LogP contribution < -0.4 is 5.73 Å². The Morgan fingerprint density at radius 3 is 2.56 bits per heavy atom. The standard InChI is InChI=1S/C14H26N2O2/c15-9-12-3-7-16(8-4-12)10-13-11-17-14(18-13)5-1-2-6-14/h12-13H,1-11,15H2. The Morgan fingerprint density at radius 2 is 1.89 bits per heavy atom. The summed E-state index contributed by atoms with van der Waals surface area (Å²) in [5.41, 5.74) is 5.73. The molecule has 1 saturated carbocycles. The summed E-state index contributed by atoms with van der Waals surface area (Å²) in [6.45, 7) is 5.03. The maximum atomic E-state index is 6.18. The van der Waals surface area contributed by atoms with Gasteiger partial charge in [0.25, 0.3) is 0 Å². The third-order valence-corrected chi connectivity index (χ3v) is 4.78. The molecule has 104 valence electrons. The number of piperidine rings is 1. The van der Waals surface area contributed by atoms with Crippen LogP contribution in [0.1, 0.15) is 38.5 Å². The van der Waals surface area contributed by atoms with Crippen molar-refractivity contribution < 1.29 is 9.47 Å². The van der Waals surface area contributed by atoms with Gasteiger partial charge in [0.05, 0.1) is 12.7 Å². The van der Waals surface area contributed by atoms with E-state index in [0.717, 1.165) is 38.5 Å². The van der Waals surface area contributed by atoms with Crippen LogP contribution in [0.5, 0.6) is 0 Å². The number of ether oxygens (including phenoxy) is 2. The van der Waals surface area contributed by atoms with Crippen LogP contribution in [-0.2, 0) is 9.47 Å². The lowest BCUT2D eigenvalue weighted by Gasteiger charge is -2.32. The van der Waals surface area contributed by atoms with Crippen molar-refractivity contribution in [3.05, 3.63) is 0 Å². The molecule has 2 saturated heterocycles. The number of hydrogen-bond acceptors (Lipinski definition) is 4. The lowest BCUT2D eigenvalue weighted by molar-refractivity contribution is -0.163. The van der Waals surface area contributed by atoms with Gasteiger partial charge in [0.2, 0.25) is 0 Å². The predicted molar refractivity (Wildman–Crippen MR) is 70.2 cm³/mol. The molecule has 1 unspecified atom stereocenters. The monoisotopic (exact) mass is 254 g/mol. The Kier molecular flexibility index (Phi) is 3.89. The number of hydrogen-bond donors (Lipinski definition) is 1. The minimum Gasteiger partial charge on any atom is -0.347 e. The molecule has 3 aliphatic rings. The van der Waals surface area contributed by atoms with E-state index in [1.54, 1.807) is 0 Å². The van der Waals surface area contributed by atoms with E-state index in [2.05, 4.69) is 4.90 Å². The number of rotatable bonds is 3. The second kappa shape index (κ2) is 5.45. The first-order valence-corrected chi connectivity index (χ1v) is 7.54. The summed E-state index contributed by atoms with van der Waals surface area (Å²) in [5, 5.41) is 0. The molecule has 4 nitrogen and oxygen atoms in total. The Hall–Kier alpha value is -0.160. The summed E-state index contributed by atoms with van der Waals surface area (Å²) in [5.74, 6) is 0.545. The highest BCUT2D eigenvalue weighted by atomic mass is 16.7. The van der Waals surface area contributed by atoms with Crippen molar-refractivity contribution in [2.45, 2.75) is 50.4 Å². The van der Waals surface area contributed by atoms with Crippen molar-refractivity contribution in [1.29, 1.82) is 0 Å². The molecule has 0 amide bonds. The van der Waals surface area contributed by atoms with E-state index in [1.165, 1.54) is 38.8 Å². The number of likely N-dealkylation sites (tertiary alicyclic amines) is 1. The Labute approximate surface area is 110 Å². The average molecular weight is 254 g/mol. The van der Waals surface area contributed by atoms with Gasteiger partial charge in [-0.15, -0.1) is 0 Å². The molecule has 0 aromatic carbocycles. The summed E-state index contributed by atoms with van der Waals surface area (Å²) >= 11 is 0. The summed E-state index contributed by atoms with van der Waals surface area (Å²) in [4.78, 5) is 2.52. The van der Waals surface area contributed by atoms with E-state index < -0.39 is 0 Å². The van der Waals surface area contributed by atoms with Crippen LogP contribution in [0.4, 0.5) is 0 Å². The third-order valence-electron chi connectivity index (χ3n) is 4.78. The SMILES string of the molecule is NCC1CCN(CC2COC3(CCCC3)O2)CC1. The van der Waals surface area contributed by atoms with Gasteiger partial charge in [-0.05, 0) is 51.2 Å². The quantitative estimate of drug-likeness (QED) is 0.826. The second-order valence-electron chi connectivity index (χ2n) is 6.15. The van der Waals surface area contributed by atoms with Gasteiger partial charge in [-0.1, -0.05) is 0 Å². The van der Waals surface area contributed by atoms with E-state index in [0.29, 0.717) is 0 Å². The molecule has 18 heavy (non-hydrogen) atoms. The molecule has 3 fully saturated rings. The lowest BCUT2D eigenvalue weighted by Crippen LogP contribution is -2.41. The van der Waals surface area contributed by atoms with Crippen LogP contribution in [0.3, 0.4) is 0 Å². The van der Waals surface area contributed by atoms with E-state index in [9.17, 15) is 0 Å². The minimum absolute atomic E-state index is 0.194. The zero-order chi connectivity index (χ0) is 12.4. The number of nitrogens with zero attached hydrogens (tertiary/aromatic N) is 1. The molecular formula is C14H26N2O2. The van der Waals surface area contributed by atoms with Crippen LogP contribution in [-0.4, -0.2) is 49.6 Å². The Morgan fingerprint density at radius 1 is 1.17 bits per heavy atom. The van der Waals surface area contributed by atoms with Gasteiger partial charge in [-0.3, -0.25) is 0 Å². The van der Waals surface area contributed by atoms with E-state index in [4.69, 9.17) is 15.2 Å². The molecule has 4 heteroatoms. The fraction of sp³-hybridized carbons (Fsp3) is 1.00. The van der Waals surface area contributed by atoms with Crippen molar-refractivity contribution in [2.75, 3.05) is 32.8 Å². The van der Waals surface area contributed by atoms with Crippen LogP contribution >= 0.6 is 0 Å². The normalized spacial score (nSPS) is 33.5. The maximum absolute atomic E-state index is 6.18. The first-order chi connectivity index (χ1) is 8.80.